The SMILES string of the molecule is Clc1cc(Br)c(OCCN2CCCC2)nn1. The molecule has 1 fully saturated rings. The molecule has 88 valence electrons. The summed E-state index contributed by atoms with van der Waals surface area (Å²) in [6, 6.07) is 1.68. The molecule has 1 aromatic heterocycles. The second-order valence-corrected chi connectivity index (χ2v) is 4.96. The average Bonchev–Trinajstić information content (AvgIpc) is 2.74. The number of hydrogen-bond acceptors (Lipinski definition) is 4. The highest BCUT2D eigenvalue weighted by Gasteiger charge is 2.11. The molecule has 0 saturated carbocycles. The molecule has 0 aromatic carbocycles. The van der Waals surface area contributed by atoms with E-state index >= 15 is 0 Å². The Hall–Kier alpha value is -0.390. The molecule has 16 heavy (non-hydrogen) atoms. The zero-order chi connectivity index (χ0) is 11.4. The smallest absolute Gasteiger partial charge is 0.248 e. The Kier molecular flexibility index (Phi) is 4.37. The molecular weight excluding hydrogens is 293 g/mol. The molecule has 0 radical (unpaired) electrons. The fourth-order valence-corrected chi connectivity index (χ4v) is 2.40. The van der Waals surface area contributed by atoms with Gasteiger partial charge < -0.3 is 4.74 Å². The summed E-state index contributed by atoms with van der Waals surface area (Å²) in [6.07, 6.45) is 2.59. The van der Waals surface area contributed by atoms with Crippen molar-refractivity contribution in [1.29, 1.82) is 0 Å². The van der Waals surface area contributed by atoms with E-state index in [0.717, 1.165) is 11.0 Å². The summed E-state index contributed by atoms with van der Waals surface area (Å²) in [5.74, 6) is 0.503. The summed E-state index contributed by atoms with van der Waals surface area (Å²) in [7, 11) is 0. The monoisotopic (exact) mass is 305 g/mol. The van der Waals surface area contributed by atoms with Gasteiger partial charge in [0.15, 0.2) is 5.15 Å². The number of aromatic nitrogens is 2. The van der Waals surface area contributed by atoms with Crippen molar-refractivity contribution in [2.24, 2.45) is 0 Å². The first kappa shape index (κ1) is 12.1. The Morgan fingerprint density at radius 1 is 1.38 bits per heavy atom. The molecule has 0 atom stereocenters. The summed E-state index contributed by atoms with van der Waals surface area (Å²) in [5, 5.41) is 7.97. The lowest BCUT2D eigenvalue weighted by atomic mass is 10.4. The molecule has 2 heterocycles. The molecule has 0 N–H and O–H groups in total. The Morgan fingerprint density at radius 3 is 2.81 bits per heavy atom. The van der Waals surface area contributed by atoms with Gasteiger partial charge in [0.25, 0.3) is 0 Å². The molecule has 1 aromatic rings. The second-order valence-electron chi connectivity index (χ2n) is 3.72. The molecule has 0 bridgehead atoms. The van der Waals surface area contributed by atoms with Crippen LogP contribution in [0.5, 0.6) is 5.88 Å². The van der Waals surface area contributed by atoms with Gasteiger partial charge in [-0.3, -0.25) is 4.90 Å². The molecule has 2 rings (SSSR count). The van der Waals surface area contributed by atoms with Gasteiger partial charge in [-0.25, -0.2) is 0 Å². The van der Waals surface area contributed by atoms with E-state index in [0.29, 0.717) is 17.6 Å². The number of likely N-dealkylation sites (tertiary alicyclic amines) is 1. The molecule has 6 heteroatoms. The molecule has 4 nitrogen and oxygen atoms in total. The average molecular weight is 307 g/mol. The van der Waals surface area contributed by atoms with Crippen molar-refractivity contribution in [1.82, 2.24) is 15.1 Å². The molecular formula is C10H13BrClN3O. The minimum Gasteiger partial charge on any atom is -0.474 e. The molecule has 0 spiro atoms. The second kappa shape index (κ2) is 5.80. The third-order valence-electron chi connectivity index (χ3n) is 2.53. The van der Waals surface area contributed by atoms with Crippen LogP contribution >= 0.6 is 27.5 Å². The van der Waals surface area contributed by atoms with Gasteiger partial charge in [0.1, 0.15) is 6.61 Å². The van der Waals surface area contributed by atoms with Crippen LogP contribution in [0.4, 0.5) is 0 Å². The van der Waals surface area contributed by atoms with Crippen LogP contribution in [0, 0.1) is 0 Å². The number of nitrogens with zero attached hydrogens (tertiary/aromatic N) is 3. The summed E-state index contributed by atoms with van der Waals surface area (Å²) in [5.41, 5.74) is 0. The number of hydrogen-bond donors (Lipinski definition) is 0. The third kappa shape index (κ3) is 3.30. The largest absolute Gasteiger partial charge is 0.474 e. The maximum absolute atomic E-state index is 5.69. The quantitative estimate of drug-likeness (QED) is 0.856. The summed E-state index contributed by atoms with van der Waals surface area (Å²) >= 11 is 9.02. The van der Waals surface area contributed by atoms with Crippen molar-refractivity contribution in [3.63, 3.8) is 0 Å². The molecule has 0 unspecified atom stereocenters. The number of ether oxygens (including phenoxy) is 1. The fraction of sp³-hybridized carbons (Fsp3) is 0.600. The highest BCUT2D eigenvalue weighted by Crippen LogP contribution is 2.23. The Morgan fingerprint density at radius 2 is 2.12 bits per heavy atom. The maximum atomic E-state index is 5.69. The van der Waals surface area contributed by atoms with Crippen molar-refractivity contribution in [2.75, 3.05) is 26.2 Å². The maximum Gasteiger partial charge on any atom is 0.248 e. The van der Waals surface area contributed by atoms with Gasteiger partial charge in [0.05, 0.1) is 4.47 Å². The van der Waals surface area contributed by atoms with E-state index in [-0.39, 0.29) is 0 Å². The van der Waals surface area contributed by atoms with E-state index in [1.165, 1.54) is 25.9 Å². The molecule has 1 aliphatic heterocycles. The first-order chi connectivity index (χ1) is 7.75. The van der Waals surface area contributed by atoms with Gasteiger partial charge in [0.2, 0.25) is 5.88 Å². The van der Waals surface area contributed by atoms with E-state index in [4.69, 9.17) is 16.3 Å². The Labute approximate surface area is 108 Å². The van der Waals surface area contributed by atoms with Crippen LogP contribution in [0.3, 0.4) is 0 Å². The normalized spacial score (nSPS) is 16.6. The van der Waals surface area contributed by atoms with Crippen molar-refractivity contribution < 1.29 is 4.74 Å². The van der Waals surface area contributed by atoms with E-state index in [1.54, 1.807) is 6.07 Å². The van der Waals surface area contributed by atoms with Gasteiger partial charge >= 0.3 is 0 Å². The van der Waals surface area contributed by atoms with Crippen molar-refractivity contribution in [2.45, 2.75) is 12.8 Å². The van der Waals surface area contributed by atoms with E-state index in [9.17, 15) is 0 Å². The van der Waals surface area contributed by atoms with E-state index in [2.05, 4.69) is 31.0 Å². The van der Waals surface area contributed by atoms with Gasteiger partial charge in [-0.1, -0.05) is 11.6 Å². The lowest BCUT2D eigenvalue weighted by Crippen LogP contribution is -2.25. The van der Waals surface area contributed by atoms with E-state index < -0.39 is 0 Å². The minimum absolute atomic E-state index is 0.360. The van der Waals surface area contributed by atoms with Gasteiger partial charge in [-0.05, 0) is 47.9 Å². The van der Waals surface area contributed by atoms with Crippen LogP contribution in [0.25, 0.3) is 0 Å². The first-order valence-corrected chi connectivity index (χ1v) is 6.46. The van der Waals surface area contributed by atoms with Crippen LogP contribution in [-0.4, -0.2) is 41.3 Å². The van der Waals surface area contributed by atoms with Crippen molar-refractivity contribution in [3.05, 3.63) is 15.7 Å². The zero-order valence-electron chi connectivity index (χ0n) is 8.83. The lowest BCUT2D eigenvalue weighted by Gasteiger charge is -2.14. The van der Waals surface area contributed by atoms with Crippen LogP contribution < -0.4 is 4.74 Å². The van der Waals surface area contributed by atoms with Crippen LogP contribution in [0.15, 0.2) is 10.5 Å². The zero-order valence-corrected chi connectivity index (χ0v) is 11.2. The van der Waals surface area contributed by atoms with Crippen molar-refractivity contribution >= 4 is 27.5 Å². The van der Waals surface area contributed by atoms with Crippen LogP contribution in [0.2, 0.25) is 5.15 Å². The van der Waals surface area contributed by atoms with E-state index in [1.807, 2.05) is 0 Å². The summed E-state index contributed by atoms with van der Waals surface area (Å²) in [4.78, 5) is 2.39. The topological polar surface area (TPSA) is 38.2 Å². The van der Waals surface area contributed by atoms with Crippen LogP contribution in [0.1, 0.15) is 12.8 Å². The number of rotatable bonds is 4. The highest BCUT2D eigenvalue weighted by atomic mass is 79.9. The molecule has 1 aliphatic rings. The number of halogens is 2. The standard InChI is InChI=1S/C10H13BrClN3O/c11-8-7-9(12)13-14-10(8)16-6-5-15-3-1-2-4-15/h7H,1-6H2. The van der Waals surface area contributed by atoms with Crippen LogP contribution in [-0.2, 0) is 0 Å². The van der Waals surface area contributed by atoms with Gasteiger partial charge in [-0.2, -0.15) is 0 Å². The predicted octanol–water partition coefficient (Wildman–Crippen LogP) is 2.37. The van der Waals surface area contributed by atoms with Gasteiger partial charge in [0, 0.05) is 6.54 Å². The minimum atomic E-state index is 0.360. The first-order valence-electron chi connectivity index (χ1n) is 5.29. The van der Waals surface area contributed by atoms with Gasteiger partial charge in [-0.15, -0.1) is 10.2 Å². The highest BCUT2D eigenvalue weighted by molar-refractivity contribution is 9.10. The predicted molar refractivity (Wildman–Crippen MR) is 65.9 cm³/mol. The third-order valence-corrected chi connectivity index (χ3v) is 3.28. The molecule has 0 aliphatic carbocycles. The lowest BCUT2D eigenvalue weighted by molar-refractivity contribution is 0.229. The molecule has 1 saturated heterocycles. The summed E-state index contributed by atoms with van der Waals surface area (Å²) in [6.45, 7) is 3.93. The Bertz CT molecular complexity index is 358. The molecule has 0 amide bonds. The van der Waals surface area contributed by atoms with Crippen molar-refractivity contribution in [3.8, 4) is 5.88 Å². The summed E-state index contributed by atoms with van der Waals surface area (Å²) < 4.78 is 6.28. The Balaban J connectivity index is 1.80. The fourth-order valence-electron chi connectivity index (χ4n) is 1.71.